The number of aromatic amines is 1. The highest BCUT2D eigenvalue weighted by atomic mass is 16.4. The first-order valence-corrected chi connectivity index (χ1v) is 9.89. The fourth-order valence-corrected chi connectivity index (χ4v) is 4.73. The Labute approximate surface area is 167 Å². The summed E-state index contributed by atoms with van der Waals surface area (Å²) in [5.74, 6) is 2.06. The Kier molecular flexibility index (Phi) is 4.04. The van der Waals surface area contributed by atoms with E-state index in [2.05, 4.69) is 30.8 Å². The molecule has 5 heterocycles. The first kappa shape index (κ1) is 17.7. The Morgan fingerprint density at radius 1 is 1.28 bits per heavy atom. The van der Waals surface area contributed by atoms with E-state index in [0.717, 1.165) is 48.7 Å². The molecule has 5 rings (SSSR count). The monoisotopic (exact) mass is 393 g/mol. The first-order valence-electron chi connectivity index (χ1n) is 9.89. The van der Waals surface area contributed by atoms with Gasteiger partial charge in [0, 0.05) is 29.4 Å². The molecule has 2 unspecified atom stereocenters. The van der Waals surface area contributed by atoms with Crippen LogP contribution in [-0.4, -0.2) is 48.0 Å². The van der Waals surface area contributed by atoms with E-state index in [4.69, 9.17) is 0 Å². The van der Waals surface area contributed by atoms with Gasteiger partial charge in [0.1, 0.15) is 17.3 Å². The lowest BCUT2D eigenvalue weighted by atomic mass is 9.97. The minimum absolute atomic E-state index is 0.0926. The molecule has 3 aromatic rings. The lowest BCUT2D eigenvalue weighted by molar-refractivity contribution is 0.0659. The molecular weight excluding hydrogens is 370 g/mol. The maximum Gasteiger partial charge on any atom is 0.409 e. The molecule has 2 saturated heterocycles. The molecule has 150 valence electrons. The number of rotatable bonds is 4. The number of nitrogens with zero attached hydrogens (tertiary/aromatic N) is 4. The van der Waals surface area contributed by atoms with Gasteiger partial charge in [0.25, 0.3) is 0 Å². The van der Waals surface area contributed by atoms with Crippen molar-refractivity contribution in [1.29, 1.82) is 0 Å². The van der Waals surface area contributed by atoms with Crippen LogP contribution in [0.15, 0.2) is 30.5 Å². The molecule has 0 radical (unpaired) electrons. The molecule has 0 saturated carbocycles. The number of pyridine rings is 2. The van der Waals surface area contributed by atoms with Crippen molar-refractivity contribution in [3.8, 4) is 0 Å². The number of carboxylic acid groups (broad SMARTS) is 1. The largest absolute Gasteiger partial charge is 0.465 e. The van der Waals surface area contributed by atoms with Gasteiger partial charge in [-0.15, -0.1) is 0 Å². The van der Waals surface area contributed by atoms with Gasteiger partial charge in [-0.1, -0.05) is 0 Å². The van der Waals surface area contributed by atoms with Crippen molar-refractivity contribution in [2.75, 3.05) is 10.6 Å². The summed E-state index contributed by atoms with van der Waals surface area (Å²) in [6.45, 7) is 1.94. The molecule has 29 heavy (non-hydrogen) atoms. The predicted octanol–water partition coefficient (Wildman–Crippen LogP) is 3.84. The van der Waals surface area contributed by atoms with Gasteiger partial charge in [-0.2, -0.15) is 5.10 Å². The van der Waals surface area contributed by atoms with Gasteiger partial charge in [-0.25, -0.2) is 14.8 Å². The fourth-order valence-electron chi connectivity index (χ4n) is 4.73. The number of anilines is 3. The van der Waals surface area contributed by atoms with Crippen LogP contribution in [0.3, 0.4) is 0 Å². The first-order chi connectivity index (χ1) is 14.0. The Balaban J connectivity index is 1.47. The van der Waals surface area contributed by atoms with Crippen molar-refractivity contribution in [3.63, 3.8) is 0 Å². The van der Waals surface area contributed by atoms with Crippen LogP contribution in [0.25, 0.3) is 10.9 Å². The van der Waals surface area contributed by atoms with E-state index in [1.807, 2.05) is 31.2 Å². The lowest BCUT2D eigenvalue weighted by Crippen LogP contribution is -2.57. The van der Waals surface area contributed by atoms with E-state index < -0.39 is 11.8 Å². The molecule has 2 fully saturated rings. The molecule has 0 spiro atoms. The van der Waals surface area contributed by atoms with Crippen molar-refractivity contribution < 1.29 is 9.90 Å². The third-order valence-electron chi connectivity index (χ3n) is 5.98. The fraction of sp³-hybridized carbons (Fsp3) is 0.400. The standard InChI is InChI=1S/C20H23N7O2/c1-12-11-17(26-25-12)23-16-5-4-14-15(22-16)7-10-21-18(14)24-20-8-2-3-13(6-9-20)27(20)19(28)29/h4-5,7,10-11,13H,2-3,6,8-9H2,1H3,(H,21,24)(H,28,29)(H2,22,23,25,26). The second-order valence-corrected chi connectivity index (χ2v) is 7.88. The summed E-state index contributed by atoms with van der Waals surface area (Å²) in [5.41, 5.74) is 1.16. The second kappa shape index (κ2) is 6.61. The molecule has 9 heteroatoms. The van der Waals surface area contributed by atoms with Crippen LogP contribution in [0.1, 0.15) is 37.8 Å². The van der Waals surface area contributed by atoms with Crippen LogP contribution in [0, 0.1) is 6.92 Å². The molecule has 4 N–H and O–H groups in total. The summed E-state index contributed by atoms with van der Waals surface area (Å²) in [7, 11) is 0. The average Bonchev–Trinajstić information content (AvgIpc) is 3.20. The molecule has 2 aliphatic rings. The number of aryl methyl sites for hydroxylation is 1. The number of hydrogen-bond acceptors (Lipinski definition) is 6. The molecule has 1 amide bonds. The SMILES string of the molecule is Cc1cc(Nc2ccc3c(NC45CCCC(CC4)N5C(=O)O)nccc3n2)n[nH]1. The van der Waals surface area contributed by atoms with Gasteiger partial charge >= 0.3 is 6.09 Å². The molecule has 0 aromatic carbocycles. The molecular formula is C20H23N7O2. The second-order valence-electron chi connectivity index (χ2n) is 7.88. The van der Waals surface area contributed by atoms with Gasteiger partial charge in [0.05, 0.1) is 5.52 Å². The summed E-state index contributed by atoms with van der Waals surface area (Å²) in [6.07, 6.45) is 5.27. The average molecular weight is 393 g/mol. The molecule has 2 bridgehead atoms. The van der Waals surface area contributed by atoms with E-state index in [9.17, 15) is 9.90 Å². The van der Waals surface area contributed by atoms with Crippen LogP contribution in [0.2, 0.25) is 0 Å². The summed E-state index contributed by atoms with van der Waals surface area (Å²) in [6, 6.07) is 7.69. The highest BCUT2D eigenvalue weighted by Crippen LogP contribution is 2.44. The molecule has 2 aliphatic heterocycles. The van der Waals surface area contributed by atoms with Crippen molar-refractivity contribution in [2.24, 2.45) is 0 Å². The molecule has 3 aromatic heterocycles. The summed E-state index contributed by atoms with van der Waals surface area (Å²) in [4.78, 5) is 22.7. The maximum absolute atomic E-state index is 11.9. The quantitative estimate of drug-likeness (QED) is 0.532. The highest BCUT2D eigenvalue weighted by molar-refractivity contribution is 5.90. The Morgan fingerprint density at radius 3 is 2.97 bits per heavy atom. The predicted molar refractivity (Wildman–Crippen MR) is 109 cm³/mol. The Bertz CT molecular complexity index is 1080. The van der Waals surface area contributed by atoms with E-state index in [1.165, 1.54) is 0 Å². The number of nitrogens with one attached hydrogen (secondary N) is 3. The number of H-pyrrole nitrogens is 1. The van der Waals surface area contributed by atoms with Gasteiger partial charge in [0.15, 0.2) is 5.82 Å². The Hall–Kier alpha value is -3.36. The third kappa shape index (κ3) is 3.02. The Morgan fingerprint density at radius 2 is 2.17 bits per heavy atom. The number of hydrogen-bond donors (Lipinski definition) is 4. The van der Waals surface area contributed by atoms with Gasteiger partial charge in [-0.05, 0) is 57.2 Å². The minimum atomic E-state index is -0.862. The molecule has 0 aliphatic carbocycles. The summed E-state index contributed by atoms with van der Waals surface area (Å²) >= 11 is 0. The highest BCUT2D eigenvalue weighted by Gasteiger charge is 2.51. The number of aromatic nitrogens is 4. The zero-order valence-corrected chi connectivity index (χ0v) is 16.1. The van der Waals surface area contributed by atoms with Crippen molar-refractivity contribution >= 4 is 34.4 Å². The van der Waals surface area contributed by atoms with Crippen LogP contribution in [0.5, 0.6) is 0 Å². The van der Waals surface area contributed by atoms with Gasteiger partial charge < -0.3 is 15.7 Å². The zero-order chi connectivity index (χ0) is 20.0. The van der Waals surface area contributed by atoms with Crippen molar-refractivity contribution in [2.45, 2.75) is 50.7 Å². The van der Waals surface area contributed by atoms with E-state index >= 15 is 0 Å². The number of carbonyl (C=O) groups is 1. The third-order valence-corrected chi connectivity index (χ3v) is 5.98. The van der Waals surface area contributed by atoms with Crippen LogP contribution < -0.4 is 10.6 Å². The van der Waals surface area contributed by atoms with E-state index in [0.29, 0.717) is 17.5 Å². The van der Waals surface area contributed by atoms with Crippen LogP contribution >= 0.6 is 0 Å². The van der Waals surface area contributed by atoms with Crippen LogP contribution in [-0.2, 0) is 0 Å². The van der Waals surface area contributed by atoms with Crippen molar-refractivity contribution in [1.82, 2.24) is 25.1 Å². The van der Waals surface area contributed by atoms with E-state index in [-0.39, 0.29) is 6.04 Å². The summed E-state index contributed by atoms with van der Waals surface area (Å²) < 4.78 is 0. The number of fused-ring (bicyclic) bond motifs is 3. The lowest BCUT2D eigenvalue weighted by Gasteiger charge is -2.43. The molecule has 9 nitrogen and oxygen atoms in total. The van der Waals surface area contributed by atoms with Gasteiger partial charge in [-0.3, -0.25) is 10.00 Å². The normalized spacial score (nSPS) is 23.3. The minimum Gasteiger partial charge on any atom is -0.465 e. The summed E-state index contributed by atoms with van der Waals surface area (Å²) in [5, 5.41) is 24.4. The van der Waals surface area contributed by atoms with Crippen LogP contribution in [0.4, 0.5) is 22.2 Å². The number of amides is 1. The smallest absolute Gasteiger partial charge is 0.409 e. The zero-order valence-electron chi connectivity index (χ0n) is 16.1. The number of piperidine rings is 1. The maximum atomic E-state index is 11.9. The van der Waals surface area contributed by atoms with E-state index in [1.54, 1.807) is 11.1 Å². The van der Waals surface area contributed by atoms with Gasteiger partial charge in [0.2, 0.25) is 0 Å². The van der Waals surface area contributed by atoms with Crippen molar-refractivity contribution in [3.05, 3.63) is 36.2 Å². The molecule has 2 atom stereocenters. The topological polar surface area (TPSA) is 119 Å².